The van der Waals surface area contributed by atoms with Gasteiger partial charge >= 0.3 is 5.97 Å². The van der Waals surface area contributed by atoms with E-state index in [1.54, 1.807) is 6.07 Å². The number of nitrogens with zero attached hydrogens (tertiary/aromatic N) is 1. The van der Waals surface area contributed by atoms with E-state index in [0.717, 1.165) is 0 Å². The summed E-state index contributed by atoms with van der Waals surface area (Å²) in [6.45, 7) is 0. The molecule has 2 aromatic carbocycles. The number of halogens is 2. The zero-order valence-corrected chi connectivity index (χ0v) is 13.4. The summed E-state index contributed by atoms with van der Waals surface area (Å²) >= 11 is 6.43. The molecule has 0 fully saturated rings. The third kappa shape index (κ3) is 3.59. The van der Waals surface area contributed by atoms with E-state index in [0.29, 0.717) is 8.95 Å². The lowest BCUT2D eigenvalue weighted by molar-refractivity contribution is -0.384. The van der Waals surface area contributed by atoms with Crippen molar-refractivity contribution in [3.63, 3.8) is 0 Å². The van der Waals surface area contributed by atoms with E-state index in [9.17, 15) is 14.9 Å². The van der Waals surface area contributed by atoms with Gasteiger partial charge in [-0.25, -0.2) is 4.79 Å². The molecule has 0 aliphatic rings. The number of hydrogen-bond acceptors (Lipinski definition) is 4. The molecule has 0 unspecified atom stereocenters. The van der Waals surface area contributed by atoms with Gasteiger partial charge in [0.2, 0.25) is 0 Å². The van der Waals surface area contributed by atoms with Gasteiger partial charge in [-0.1, -0.05) is 15.9 Å². The van der Waals surface area contributed by atoms with E-state index in [-0.39, 0.29) is 22.7 Å². The number of non-ortho nitro benzene ring substituents is 1. The van der Waals surface area contributed by atoms with Crippen molar-refractivity contribution in [2.24, 2.45) is 0 Å². The van der Waals surface area contributed by atoms with E-state index in [1.807, 2.05) is 0 Å². The fraction of sp³-hybridized carbons (Fsp3) is 0. The number of carboxylic acid groups (broad SMARTS) is 1. The molecule has 0 saturated heterocycles. The molecule has 0 aliphatic carbocycles. The standard InChI is InChI=1S/C13H7Br2NO5/c14-7-1-3-9(13(17)18)11(5-7)21-12-6-8(16(19)20)2-4-10(12)15/h1-6H,(H,17,18). The zero-order valence-electron chi connectivity index (χ0n) is 10.2. The van der Waals surface area contributed by atoms with Gasteiger partial charge < -0.3 is 9.84 Å². The lowest BCUT2D eigenvalue weighted by atomic mass is 10.2. The summed E-state index contributed by atoms with van der Waals surface area (Å²) in [6.07, 6.45) is 0. The van der Waals surface area contributed by atoms with Crippen LogP contribution >= 0.6 is 31.9 Å². The van der Waals surface area contributed by atoms with Crippen LogP contribution in [0.3, 0.4) is 0 Å². The number of hydrogen-bond donors (Lipinski definition) is 1. The van der Waals surface area contributed by atoms with E-state index in [4.69, 9.17) is 9.84 Å². The van der Waals surface area contributed by atoms with Crippen molar-refractivity contribution in [2.75, 3.05) is 0 Å². The van der Waals surface area contributed by atoms with Gasteiger partial charge in [0.1, 0.15) is 17.1 Å². The Bertz CT molecular complexity index is 732. The topological polar surface area (TPSA) is 89.7 Å². The number of carbonyl (C=O) groups is 1. The number of nitro benzene ring substituents is 1. The predicted octanol–water partition coefficient (Wildman–Crippen LogP) is 4.61. The highest BCUT2D eigenvalue weighted by Gasteiger charge is 2.16. The second-order valence-corrected chi connectivity index (χ2v) is 5.69. The Morgan fingerprint density at radius 2 is 1.86 bits per heavy atom. The van der Waals surface area contributed by atoms with Crippen LogP contribution in [-0.4, -0.2) is 16.0 Å². The second kappa shape index (κ2) is 6.23. The van der Waals surface area contributed by atoms with Gasteiger partial charge in [-0.05, 0) is 40.2 Å². The van der Waals surface area contributed by atoms with Crippen LogP contribution < -0.4 is 4.74 Å². The molecule has 0 heterocycles. The Hall–Kier alpha value is -1.93. The molecule has 2 aromatic rings. The van der Waals surface area contributed by atoms with Crippen LogP contribution in [0, 0.1) is 10.1 Å². The maximum absolute atomic E-state index is 11.2. The first kappa shape index (κ1) is 15.5. The Balaban J connectivity index is 2.47. The summed E-state index contributed by atoms with van der Waals surface area (Å²) in [4.78, 5) is 21.4. The quantitative estimate of drug-likeness (QED) is 0.580. The third-order valence-corrected chi connectivity index (χ3v) is 3.67. The number of ether oxygens (including phenoxy) is 1. The van der Waals surface area contributed by atoms with Crippen LogP contribution in [0.5, 0.6) is 11.5 Å². The molecule has 2 rings (SSSR count). The Morgan fingerprint density at radius 1 is 1.14 bits per heavy atom. The summed E-state index contributed by atoms with van der Waals surface area (Å²) < 4.78 is 6.62. The van der Waals surface area contributed by atoms with Crippen molar-refractivity contribution in [3.05, 3.63) is 61.0 Å². The minimum absolute atomic E-state index is 0.0448. The molecule has 21 heavy (non-hydrogen) atoms. The van der Waals surface area contributed by atoms with Crippen molar-refractivity contribution < 1.29 is 19.6 Å². The zero-order chi connectivity index (χ0) is 15.6. The molecule has 6 nitrogen and oxygen atoms in total. The van der Waals surface area contributed by atoms with Crippen molar-refractivity contribution in [1.82, 2.24) is 0 Å². The highest BCUT2D eigenvalue weighted by Crippen LogP contribution is 2.35. The molecule has 0 aliphatic heterocycles. The summed E-state index contributed by atoms with van der Waals surface area (Å²) in [7, 11) is 0. The van der Waals surface area contributed by atoms with Crippen LogP contribution in [0.1, 0.15) is 10.4 Å². The summed E-state index contributed by atoms with van der Waals surface area (Å²) in [5.74, 6) is -0.915. The lowest BCUT2D eigenvalue weighted by Crippen LogP contribution is -2.00. The van der Waals surface area contributed by atoms with E-state index < -0.39 is 10.9 Å². The molecule has 0 aromatic heterocycles. The number of benzene rings is 2. The van der Waals surface area contributed by atoms with Crippen LogP contribution in [0.2, 0.25) is 0 Å². The van der Waals surface area contributed by atoms with Crippen LogP contribution in [0.15, 0.2) is 45.3 Å². The fourth-order valence-corrected chi connectivity index (χ4v) is 2.23. The minimum Gasteiger partial charge on any atom is -0.478 e. The van der Waals surface area contributed by atoms with Gasteiger partial charge in [0, 0.05) is 10.5 Å². The Kier molecular flexibility index (Phi) is 4.59. The van der Waals surface area contributed by atoms with Crippen molar-refractivity contribution in [2.45, 2.75) is 0 Å². The van der Waals surface area contributed by atoms with Crippen molar-refractivity contribution >= 4 is 43.5 Å². The second-order valence-electron chi connectivity index (χ2n) is 3.92. The Morgan fingerprint density at radius 3 is 2.48 bits per heavy atom. The molecule has 0 amide bonds. The number of nitro groups is 1. The first-order valence-corrected chi connectivity index (χ1v) is 7.11. The van der Waals surface area contributed by atoms with Gasteiger partial charge in [-0.15, -0.1) is 0 Å². The first-order chi connectivity index (χ1) is 9.88. The average molecular weight is 417 g/mol. The summed E-state index contributed by atoms with van der Waals surface area (Å²) in [6, 6.07) is 8.43. The van der Waals surface area contributed by atoms with E-state index in [1.165, 1.54) is 30.3 Å². The third-order valence-electron chi connectivity index (χ3n) is 2.52. The molecule has 0 saturated carbocycles. The molecule has 0 spiro atoms. The molecular formula is C13H7Br2NO5. The largest absolute Gasteiger partial charge is 0.478 e. The normalized spacial score (nSPS) is 10.2. The molecule has 0 bridgehead atoms. The number of aromatic carboxylic acids is 1. The van der Waals surface area contributed by atoms with Gasteiger partial charge in [0.05, 0.1) is 15.5 Å². The number of rotatable bonds is 4. The first-order valence-electron chi connectivity index (χ1n) is 5.53. The van der Waals surface area contributed by atoms with Crippen molar-refractivity contribution in [1.29, 1.82) is 0 Å². The highest BCUT2D eigenvalue weighted by atomic mass is 79.9. The van der Waals surface area contributed by atoms with E-state index >= 15 is 0 Å². The minimum atomic E-state index is -1.15. The maximum Gasteiger partial charge on any atom is 0.339 e. The fourth-order valence-electron chi connectivity index (χ4n) is 1.56. The smallest absolute Gasteiger partial charge is 0.339 e. The molecule has 108 valence electrons. The molecule has 1 N–H and O–H groups in total. The van der Waals surface area contributed by atoms with Gasteiger partial charge in [0.15, 0.2) is 0 Å². The number of carboxylic acids is 1. The van der Waals surface area contributed by atoms with Crippen molar-refractivity contribution in [3.8, 4) is 11.5 Å². The maximum atomic E-state index is 11.2. The molecular weight excluding hydrogens is 410 g/mol. The SMILES string of the molecule is O=C(O)c1ccc(Br)cc1Oc1cc([N+](=O)[O-])ccc1Br. The van der Waals surface area contributed by atoms with E-state index in [2.05, 4.69) is 31.9 Å². The predicted molar refractivity (Wildman–Crippen MR) is 82.0 cm³/mol. The van der Waals surface area contributed by atoms with Crippen LogP contribution in [0.25, 0.3) is 0 Å². The molecule has 0 radical (unpaired) electrons. The lowest BCUT2D eigenvalue weighted by Gasteiger charge is -2.10. The van der Waals surface area contributed by atoms with Gasteiger partial charge in [-0.2, -0.15) is 0 Å². The average Bonchev–Trinajstić information content (AvgIpc) is 2.40. The van der Waals surface area contributed by atoms with Crippen LogP contribution in [-0.2, 0) is 0 Å². The van der Waals surface area contributed by atoms with Crippen LogP contribution in [0.4, 0.5) is 5.69 Å². The summed E-state index contributed by atoms with van der Waals surface area (Å²) in [5, 5.41) is 19.9. The summed E-state index contributed by atoms with van der Waals surface area (Å²) in [5.41, 5.74) is -0.198. The van der Waals surface area contributed by atoms with Gasteiger partial charge in [-0.3, -0.25) is 10.1 Å². The highest BCUT2D eigenvalue weighted by molar-refractivity contribution is 9.10. The molecule has 0 atom stereocenters. The van der Waals surface area contributed by atoms with Gasteiger partial charge in [0.25, 0.3) is 5.69 Å². The molecule has 8 heteroatoms. The monoisotopic (exact) mass is 415 g/mol. The Labute approximate surface area is 135 Å².